The molecule has 1 unspecified atom stereocenters. The summed E-state index contributed by atoms with van der Waals surface area (Å²) >= 11 is 0. The average molecular weight is 246 g/mol. The fourth-order valence-electron chi connectivity index (χ4n) is 2.06. The molecule has 18 heavy (non-hydrogen) atoms. The van der Waals surface area contributed by atoms with E-state index in [1.165, 1.54) is 6.92 Å². The van der Waals surface area contributed by atoms with Crippen LogP contribution in [-0.2, 0) is 4.79 Å². The molecular weight excluding hydrogens is 232 g/mol. The lowest BCUT2D eigenvalue weighted by atomic mass is 10.0. The molecule has 6 heteroatoms. The van der Waals surface area contributed by atoms with Gasteiger partial charge in [-0.2, -0.15) is 5.10 Å². The molecule has 1 atom stereocenters. The van der Waals surface area contributed by atoms with E-state index in [2.05, 4.69) is 10.5 Å². The van der Waals surface area contributed by atoms with Crippen molar-refractivity contribution in [2.24, 2.45) is 10.8 Å². The van der Waals surface area contributed by atoms with Crippen molar-refractivity contribution in [3.63, 3.8) is 0 Å². The van der Waals surface area contributed by atoms with Gasteiger partial charge in [0.2, 0.25) is 5.91 Å². The van der Waals surface area contributed by atoms with Crippen molar-refractivity contribution in [2.45, 2.75) is 12.8 Å². The monoisotopic (exact) mass is 246 g/mol. The summed E-state index contributed by atoms with van der Waals surface area (Å²) in [6.07, 6.45) is 1.59. The number of fused-ring (bicyclic) bond motifs is 1. The highest BCUT2D eigenvalue weighted by Crippen LogP contribution is 2.34. The number of nitrogens with one attached hydrogen (secondary N) is 1. The lowest BCUT2D eigenvalue weighted by Crippen LogP contribution is -2.28. The van der Waals surface area contributed by atoms with Gasteiger partial charge in [-0.3, -0.25) is 4.79 Å². The van der Waals surface area contributed by atoms with Crippen LogP contribution in [0.3, 0.4) is 0 Å². The van der Waals surface area contributed by atoms with Crippen molar-refractivity contribution in [1.82, 2.24) is 5.43 Å². The predicted molar refractivity (Wildman–Crippen MR) is 68.4 cm³/mol. The van der Waals surface area contributed by atoms with Crippen molar-refractivity contribution in [3.05, 3.63) is 29.8 Å². The number of carbonyl (C=O) groups is 2. The number of anilines is 1. The van der Waals surface area contributed by atoms with Crippen LogP contribution in [0.15, 0.2) is 29.4 Å². The van der Waals surface area contributed by atoms with E-state index in [9.17, 15) is 9.59 Å². The van der Waals surface area contributed by atoms with Gasteiger partial charge < -0.3 is 10.6 Å². The van der Waals surface area contributed by atoms with Crippen LogP contribution in [0.2, 0.25) is 0 Å². The smallest absolute Gasteiger partial charge is 0.332 e. The van der Waals surface area contributed by atoms with Crippen molar-refractivity contribution >= 4 is 23.8 Å². The zero-order chi connectivity index (χ0) is 13.1. The summed E-state index contributed by atoms with van der Waals surface area (Å²) in [5.41, 5.74) is 8.98. The third-order valence-corrected chi connectivity index (χ3v) is 2.82. The molecule has 0 spiro atoms. The van der Waals surface area contributed by atoms with E-state index in [0.717, 1.165) is 11.3 Å². The van der Waals surface area contributed by atoms with Gasteiger partial charge >= 0.3 is 6.03 Å². The van der Waals surface area contributed by atoms with E-state index in [-0.39, 0.29) is 11.8 Å². The molecule has 1 aliphatic heterocycles. The van der Waals surface area contributed by atoms with Gasteiger partial charge in [0, 0.05) is 31.3 Å². The number of primary amides is 1. The summed E-state index contributed by atoms with van der Waals surface area (Å²) in [6.45, 7) is 2.05. The molecule has 0 saturated heterocycles. The van der Waals surface area contributed by atoms with Gasteiger partial charge in [0.1, 0.15) is 0 Å². The molecule has 0 bridgehead atoms. The number of para-hydroxylation sites is 1. The fraction of sp³-hybridized carbons (Fsp3) is 0.250. The number of rotatable bonds is 2. The van der Waals surface area contributed by atoms with Gasteiger partial charge in [-0.15, -0.1) is 0 Å². The second kappa shape index (κ2) is 4.87. The first kappa shape index (κ1) is 12.1. The normalized spacial score (nSPS) is 17.8. The highest BCUT2D eigenvalue weighted by atomic mass is 16.2. The van der Waals surface area contributed by atoms with Crippen LogP contribution < -0.4 is 16.1 Å². The Morgan fingerprint density at radius 2 is 2.22 bits per heavy atom. The number of amides is 3. The van der Waals surface area contributed by atoms with Crippen LogP contribution in [0.1, 0.15) is 18.4 Å². The zero-order valence-electron chi connectivity index (χ0n) is 9.96. The average Bonchev–Trinajstić information content (AvgIpc) is 2.68. The number of hydrazone groups is 1. The maximum Gasteiger partial charge on any atom is 0.332 e. The SMILES string of the molecule is CC(=O)N1CC(/C=N/NC(N)=O)c2ccccc21. The summed E-state index contributed by atoms with van der Waals surface area (Å²) in [4.78, 5) is 23.7. The molecule has 0 aliphatic carbocycles. The molecule has 3 amide bonds. The molecule has 3 N–H and O–H groups in total. The largest absolute Gasteiger partial charge is 0.350 e. The van der Waals surface area contributed by atoms with Crippen LogP contribution in [0, 0.1) is 0 Å². The van der Waals surface area contributed by atoms with E-state index in [4.69, 9.17) is 5.73 Å². The van der Waals surface area contributed by atoms with E-state index < -0.39 is 6.03 Å². The maximum atomic E-state index is 11.5. The Hall–Kier alpha value is -2.37. The number of nitrogens with zero attached hydrogens (tertiary/aromatic N) is 2. The molecule has 1 aromatic rings. The first-order valence-corrected chi connectivity index (χ1v) is 5.55. The molecule has 2 rings (SSSR count). The Kier molecular flexibility index (Phi) is 3.27. The molecular formula is C12H14N4O2. The van der Waals surface area contributed by atoms with Gasteiger partial charge in [0.05, 0.1) is 0 Å². The van der Waals surface area contributed by atoms with Crippen LogP contribution in [0.4, 0.5) is 10.5 Å². The summed E-state index contributed by atoms with van der Waals surface area (Å²) in [6, 6.07) is 6.92. The molecule has 0 saturated carbocycles. The molecule has 0 aromatic heterocycles. The minimum Gasteiger partial charge on any atom is -0.350 e. The number of hydrogen-bond acceptors (Lipinski definition) is 3. The highest BCUT2D eigenvalue weighted by molar-refractivity contribution is 5.96. The third kappa shape index (κ3) is 2.32. The van der Waals surface area contributed by atoms with Crippen molar-refractivity contribution in [3.8, 4) is 0 Å². The summed E-state index contributed by atoms with van der Waals surface area (Å²) in [7, 11) is 0. The zero-order valence-corrected chi connectivity index (χ0v) is 9.96. The van der Waals surface area contributed by atoms with E-state index in [1.807, 2.05) is 24.3 Å². The summed E-state index contributed by atoms with van der Waals surface area (Å²) in [5, 5.41) is 3.76. The van der Waals surface area contributed by atoms with Crippen LogP contribution >= 0.6 is 0 Å². The molecule has 0 radical (unpaired) electrons. The molecule has 1 aliphatic rings. The Morgan fingerprint density at radius 1 is 1.50 bits per heavy atom. The van der Waals surface area contributed by atoms with Gasteiger partial charge in [-0.25, -0.2) is 10.2 Å². The van der Waals surface area contributed by atoms with E-state index in [1.54, 1.807) is 11.1 Å². The van der Waals surface area contributed by atoms with E-state index >= 15 is 0 Å². The first-order chi connectivity index (χ1) is 8.59. The van der Waals surface area contributed by atoms with Gasteiger partial charge in [-0.1, -0.05) is 18.2 Å². The fourth-order valence-corrected chi connectivity index (χ4v) is 2.06. The molecule has 6 nitrogen and oxygen atoms in total. The molecule has 94 valence electrons. The minimum absolute atomic E-state index is 0.0128. The predicted octanol–water partition coefficient (Wildman–Crippen LogP) is 0.791. The van der Waals surface area contributed by atoms with Gasteiger partial charge in [0.25, 0.3) is 0 Å². The van der Waals surface area contributed by atoms with Gasteiger partial charge in [-0.05, 0) is 11.6 Å². The number of carbonyl (C=O) groups excluding carboxylic acids is 2. The van der Waals surface area contributed by atoms with Crippen LogP contribution in [-0.4, -0.2) is 24.7 Å². The number of hydrogen-bond donors (Lipinski definition) is 2. The minimum atomic E-state index is -0.707. The lowest BCUT2D eigenvalue weighted by Gasteiger charge is -2.14. The standard InChI is InChI=1S/C12H14N4O2/c1-8(17)16-7-9(6-14-15-12(13)18)10-4-2-3-5-11(10)16/h2-6,9H,7H2,1H3,(H3,13,15,18)/b14-6+. The lowest BCUT2D eigenvalue weighted by molar-refractivity contribution is -0.116. The Bertz CT molecular complexity index is 513. The van der Waals surface area contributed by atoms with Gasteiger partial charge in [0.15, 0.2) is 0 Å². The first-order valence-electron chi connectivity index (χ1n) is 5.55. The van der Waals surface area contributed by atoms with Crippen molar-refractivity contribution < 1.29 is 9.59 Å². The summed E-state index contributed by atoms with van der Waals surface area (Å²) in [5.74, 6) is -0.0434. The highest BCUT2D eigenvalue weighted by Gasteiger charge is 2.29. The second-order valence-electron chi connectivity index (χ2n) is 4.05. The molecule has 1 heterocycles. The quantitative estimate of drug-likeness (QED) is 0.597. The number of urea groups is 1. The molecule has 1 aromatic carbocycles. The van der Waals surface area contributed by atoms with Crippen molar-refractivity contribution in [2.75, 3.05) is 11.4 Å². The molecule has 0 fully saturated rings. The topological polar surface area (TPSA) is 87.8 Å². The Labute approximate surface area is 104 Å². The Morgan fingerprint density at radius 3 is 2.89 bits per heavy atom. The van der Waals surface area contributed by atoms with Crippen LogP contribution in [0.5, 0.6) is 0 Å². The Balaban J connectivity index is 2.23. The maximum absolute atomic E-state index is 11.5. The third-order valence-electron chi connectivity index (χ3n) is 2.82. The number of nitrogens with two attached hydrogens (primary N) is 1. The second-order valence-corrected chi connectivity index (χ2v) is 4.05. The summed E-state index contributed by atoms with van der Waals surface area (Å²) < 4.78 is 0. The van der Waals surface area contributed by atoms with Crippen LogP contribution in [0.25, 0.3) is 0 Å². The number of benzene rings is 1. The van der Waals surface area contributed by atoms with E-state index in [0.29, 0.717) is 6.54 Å². The van der Waals surface area contributed by atoms with Crippen molar-refractivity contribution in [1.29, 1.82) is 0 Å².